The maximum atomic E-state index is 12.8. The molecule has 1 amide bonds. The topological polar surface area (TPSA) is 81.5 Å². The number of nitrogens with zero attached hydrogens (tertiary/aromatic N) is 1. The highest BCUT2D eigenvalue weighted by Gasteiger charge is 2.21. The molecule has 4 rings (SSSR count). The molecule has 146 valence electrons. The van der Waals surface area contributed by atoms with Crippen molar-refractivity contribution >= 4 is 45.8 Å². The Hall–Kier alpha value is -3.37. The molecule has 0 radical (unpaired) electrons. The fraction of sp³-hybridized carbons (Fsp3) is 0.0833. The summed E-state index contributed by atoms with van der Waals surface area (Å²) in [7, 11) is 0. The van der Waals surface area contributed by atoms with Crippen LogP contribution in [-0.2, 0) is 11.2 Å². The first-order valence-corrected chi connectivity index (χ1v) is 9.20. The predicted molar refractivity (Wildman–Crippen MR) is 122 cm³/mol. The van der Waals surface area contributed by atoms with Gasteiger partial charge in [-0.15, -0.1) is 12.4 Å². The highest BCUT2D eigenvalue weighted by molar-refractivity contribution is 5.96. The largest absolute Gasteiger partial charge is 0.370 e. The SMILES string of the molecule is Cl.NC(N)=NC(=O)[C@@H](Cc1ccc2ccccc2c1)c1ccc2ccccc2c1. The van der Waals surface area contributed by atoms with E-state index in [0.717, 1.165) is 27.3 Å². The smallest absolute Gasteiger partial charge is 0.256 e. The lowest BCUT2D eigenvalue weighted by Gasteiger charge is -2.16. The van der Waals surface area contributed by atoms with Gasteiger partial charge in [0.2, 0.25) is 0 Å². The molecule has 4 aromatic rings. The molecular weight excluding hydrogens is 382 g/mol. The van der Waals surface area contributed by atoms with E-state index in [-0.39, 0.29) is 24.3 Å². The number of benzene rings is 4. The van der Waals surface area contributed by atoms with Gasteiger partial charge in [-0.3, -0.25) is 4.79 Å². The fourth-order valence-electron chi connectivity index (χ4n) is 3.58. The molecular formula is C24H22ClN3O. The van der Waals surface area contributed by atoms with Crippen molar-refractivity contribution in [2.45, 2.75) is 12.3 Å². The second-order valence-electron chi connectivity index (χ2n) is 6.92. The number of carbonyl (C=O) groups is 1. The maximum absolute atomic E-state index is 12.8. The van der Waals surface area contributed by atoms with E-state index in [4.69, 9.17) is 11.5 Å². The summed E-state index contributed by atoms with van der Waals surface area (Å²) >= 11 is 0. The third-order valence-corrected chi connectivity index (χ3v) is 4.97. The van der Waals surface area contributed by atoms with Gasteiger partial charge in [0.1, 0.15) is 0 Å². The van der Waals surface area contributed by atoms with Crippen LogP contribution < -0.4 is 11.5 Å². The number of carbonyl (C=O) groups excluding carboxylic acids is 1. The molecule has 0 aliphatic rings. The number of hydrogen-bond donors (Lipinski definition) is 2. The van der Waals surface area contributed by atoms with Gasteiger partial charge in [0.15, 0.2) is 5.96 Å². The van der Waals surface area contributed by atoms with Crippen LogP contribution in [0.2, 0.25) is 0 Å². The molecule has 0 unspecified atom stereocenters. The first-order chi connectivity index (χ1) is 13.6. The number of nitrogens with two attached hydrogens (primary N) is 2. The Morgan fingerprint density at radius 3 is 1.93 bits per heavy atom. The Labute approximate surface area is 175 Å². The molecule has 0 aliphatic carbocycles. The van der Waals surface area contributed by atoms with Crippen molar-refractivity contribution < 1.29 is 4.79 Å². The minimum absolute atomic E-state index is 0. The zero-order chi connectivity index (χ0) is 19.5. The number of hydrogen-bond acceptors (Lipinski definition) is 1. The Bertz CT molecular complexity index is 1200. The monoisotopic (exact) mass is 403 g/mol. The summed E-state index contributed by atoms with van der Waals surface area (Å²) in [4.78, 5) is 16.6. The van der Waals surface area contributed by atoms with Crippen LogP contribution >= 0.6 is 12.4 Å². The van der Waals surface area contributed by atoms with E-state index in [2.05, 4.69) is 41.4 Å². The molecule has 5 heteroatoms. The number of fused-ring (bicyclic) bond motifs is 2. The zero-order valence-electron chi connectivity index (χ0n) is 15.8. The van der Waals surface area contributed by atoms with Crippen molar-refractivity contribution in [2.24, 2.45) is 16.5 Å². The average Bonchev–Trinajstić information content (AvgIpc) is 2.71. The normalized spacial score (nSPS) is 11.6. The highest BCUT2D eigenvalue weighted by Crippen LogP contribution is 2.27. The minimum atomic E-state index is -0.451. The Kier molecular flexibility index (Phi) is 6.15. The maximum Gasteiger partial charge on any atom is 0.256 e. The van der Waals surface area contributed by atoms with Gasteiger partial charge in [0.05, 0.1) is 5.92 Å². The van der Waals surface area contributed by atoms with Crippen LogP contribution in [-0.4, -0.2) is 11.9 Å². The van der Waals surface area contributed by atoms with E-state index in [1.807, 2.05) is 48.5 Å². The van der Waals surface area contributed by atoms with Crippen molar-refractivity contribution in [3.8, 4) is 0 Å². The van der Waals surface area contributed by atoms with E-state index < -0.39 is 5.92 Å². The number of halogens is 1. The van der Waals surface area contributed by atoms with Gasteiger partial charge in [-0.2, -0.15) is 4.99 Å². The van der Waals surface area contributed by atoms with Gasteiger partial charge < -0.3 is 11.5 Å². The molecule has 4 N–H and O–H groups in total. The van der Waals surface area contributed by atoms with Crippen molar-refractivity contribution in [1.29, 1.82) is 0 Å². The number of guanidine groups is 1. The van der Waals surface area contributed by atoms with Gasteiger partial charge in [0, 0.05) is 0 Å². The Morgan fingerprint density at radius 1 is 0.759 bits per heavy atom. The summed E-state index contributed by atoms with van der Waals surface area (Å²) < 4.78 is 0. The van der Waals surface area contributed by atoms with Gasteiger partial charge in [0.25, 0.3) is 5.91 Å². The molecule has 4 aromatic carbocycles. The quantitative estimate of drug-likeness (QED) is 0.387. The average molecular weight is 404 g/mol. The first-order valence-electron chi connectivity index (χ1n) is 9.20. The molecule has 1 atom stereocenters. The fourth-order valence-corrected chi connectivity index (χ4v) is 3.58. The lowest BCUT2D eigenvalue weighted by Crippen LogP contribution is -2.26. The Morgan fingerprint density at radius 2 is 1.31 bits per heavy atom. The van der Waals surface area contributed by atoms with E-state index in [0.29, 0.717) is 6.42 Å². The Balaban J connectivity index is 0.00000240. The minimum Gasteiger partial charge on any atom is -0.370 e. The standard InChI is InChI=1S/C24H21N3O.ClH/c25-24(26)27-23(28)22(21-12-11-18-6-2-4-8-20(18)15-21)14-16-9-10-17-5-1-3-7-19(17)13-16;/h1-13,15,22H,14H2,(H4,25,26,27,28);1H/t22-;/m0./s1. The number of rotatable bonds is 4. The first kappa shape index (κ1) is 20.4. The van der Waals surface area contributed by atoms with E-state index in [1.54, 1.807) is 0 Å². The van der Waals surface area contributed by atoms with E-state index in [9.17, 15) is 4.79 Å². The molecule has 0 saturated heterocycles. The third kappa shape index (κ3) is 4.55. The molecule has 0 aliphatic heterocycles. The van der Waals surface area contributed by atoms with E-state index >= 15 is 0 Å². The van der Waals surface area contributed by atoms with Crippen molar-refractivity contribution in [1.82, 2.24) is 0 Å². The van der Waals surface area contributed by atoms with Gasteiger partial charge in [-0.25, -0.2) is 0 Å². The molecule has 0 aromatic heterocycles. The van der Waals surface area contributed by atoms with Crippen LogP contribution in [0.15, 0.2) is 89.9 Å². The second-order valence-corrected chi connectivity index (χ2v) is 6.92. The summed E-state index contributed by atoms with van der Waals surface area (Å²) in [5.74, 6) is -0.995. The number of aliphatic imine (C=N–C) groups is 1. The molecule has 0 saturated carbocycles. The van der Waals surface area contributed by atoms with Crippen molar-refractivity contribution in [2.75, 3.05) is 0 Å². The van der Waals surface area contributed by atoms with Crippen LogP contribution in [0.3, 0.4) is 0 Å². The second kappa shape index (κ2) is 8.76. The lowest BCUT2D eigenvalue weighted by molar-refractivity contribution is -0.119. The van der Waals surface area contributed by atoms with Crippen LogP contribution in [0.4, 0.5) is 0 Å². The summed E-state index contributed by atoms with van der Waals surface area (Å²) in [5, 5.41) is 4.53. The lowest BCUT2D eigenvalue weighted by atomic mass is 9.89. The van der Waals surface area contributed by atoms with Crippen LogP contribution in [0.25, 0.3) is 21.5 Å². The van der Waals surface area contributed by atoms with Gasteiger partial charge >= 0.3 is 0 Å². The molecule has 0 bridgehead atoms. The highest BCUT2D eigenvalue weighted by atomic mass is 35.5. The van der Waals surface area contributed by atoms with Gasteiger partial charge in [-0.1, -0.05) is 84.9 Å². The van der Waals surface area contributed by atoms with Crippen molar-refractivity contribution in [3.63, 3.8) is 0 Å². The zero-order valence-corrected chi connectivity index (χ0v) is 16.6. The molecule has 4 nitrogen and oxygen atoms in total. The number of amides is 1. The van der Waals surface area contributed by atoms with Crippen molar-refractivity contribution in [3.05, 3.63) is 96.1 Å². The van der Waals surface area contributed by atoms with Gasteiger partial charge in [-0.05, 0) is 39.1 Å². The summed E-state index contributed by atoms with van der Waals surface area (Å²) in [6, 6.07) is 28.5. The predicted octanol–water partition coefficient (Wildman–Crippen LogP) is 4.54. The van der Waals surface area contributed by atoms with Crippen LogP contribution in [0, 0.1) is 0 Å². The third-order valence-electron chi connectivity index (χ3n) is 4.97. The van der Waals surface area contributed by atoms with E-state index in [1.165, 1.54) is 5.39 Å². The molecule has 29 heavy (non-hydrogen) atoms. The molecule has 0 spiro atoms. The summed E-state index contributed by atoms with van der Waals surface area (Å²) in [5.41, 5.74) is 12.9. The summed E-state index contributed by atoms with van der Waals surface area (Å²) in [6.45, 7) is 0. The molecule has 0 fully saturated rings. The summed E-state index contributed by atoms with van der Waals surface area (Å²) in [6.07, 6.45) is 0.527. The molecule has 0 heterocycles. The van der Waals surface area contributed by atoms with Crippen LogP contribution in [0.1, 0.15) is 17.0 Å². The van der Waals surface area contributed by atoms with Crippen LogP contribution in [0.5, 0.6) is 0 Å².